The van der Waals surface area contributed by atoms with Crippen LogP contribution >= 0.6 is 0 Å². The Morgan fingerprint density at radius 3 is 1.26 bits per heavy atom. The number of carbonyl (C=O) groups is 1. The van der Waals surface area contributed by atoms with Crippen molar-refractivity contribution in [2.75, 3.05) is 26.4 Å². The Morgan fingerprint density at radius 1 is 0.416 bits per heavy atom. The van der Waals surface area contributed by atoms with E-state index in [2.05, 4.69) is 110 Å². The number of hydrogen-bond acceptors (Lipinski definition) is 18. The normalized spacial score (nSPS) is 28.9. The Balaban J connectivity index is 1.50. The molecule has 0 saturated carbocycles. The molecule has 3 heterocycles. The lowest BCUT2D eigenvalue weighted by molar-refractivity contribution is -0.379. The molecule has 89 heavy (non-hydrogen) atoms. The van der Waals surface area contributed by atoms with E-state index in [0.717, 1.165) is 64.2 Å². The van der Waals surface area contributed by atoms with Gasteiger partial charge in [0.25, 0.3) is 0 Å². The summed E-state index contributed by atoms with van der Waals surface area (Å²) in [7, 11) is 0. The third-order valence-electron chi connectivity index (χ3n) is 16.1. The Kier molecular flexibility index (Phi) is 45.6. The predicted octanol–water partition coefficient (Wildman–Crippen LogP) is 8.27. The molecule has 19 nitrogen and oxygen atoms in total. The Morgan fingerprint density at radius 2 is 0.787 bits per heavy atom. The minimum absolute atomic E-state index is 0.149. The monoisotopic (exact) mass is 1260 g/mol. The fourth-order valence-corrected chi connectivity index (χ4v) is 10.6. The zero-order chi connectivity index (χ0) is 64.7. The quantitative estimate of drug-likeness (QED) is 0.0201. The van der Waals surface area contributed by atoms with Crippen LogP contribution in [0.5, 0.6) is 0 Å². The summed E-state index contributed by atoms with van der Waals surface area (Å²) in [6.45, 7) is 1.54. The molecule has 0 radical (unpaired) electrons. The van der Waals surface area contributed by atoms with Crippen LogP contribution in [0.3, 0.4) is 0 Å². The first-order chi connectivity index (χ1) is 43.3. The first kappa shape index (κ1) is 79.7. The Bertz CT molecular complexity index is 2040. The van der Waals surface area contributed by atoms with Crippen LogP contribution in [0, 0.1) is 0 Å². The average molecular weight is 1260 g/mol. The zero-order valence-corrected chi connectivity index (χ0v) is 53.6. The molecular weight excluding hydrogens is 1140 g/mol. The molecule has 0 spiro atoms. The van der Waals surface area contributed by atoms with Crippen molar-refractivity contribution in [1.29, 1.82) is 0 Å². The second kappa shape index (κ2) is 50.9. The van der Waals surface area contributed by atoms with Crippen LogP contribution in [0.4, 0.5) is 0 Å². The lowest BCUT2D eigenvalue weighted by atomic mass is 9.96. The summed E-state index contributed by atoms with van der Waals surface area (Å²) in [6, 6.07) is -1.03. The van der Waals surface area contributed by atoms with Crippen molar-refractivity contribution < 1.29 is 89.4 Å². The molecule has 3 fully saturated rings. The number of carbonyl (C=O) groups excluding carboxylic acids is 1. The SMILES string of the molecule is CC/C=C\C/C=C\C/C=C\C/C=C\C/C=C\C/C=C\C/C=C\CCCC(=O)NC(COC1OC(CO)C(OC2OC(CO)C(OC3OC(CO)C(O)C(O)C3O)C(O)C2O)C(O)C1O)C(O)/C=C/CC/C=C/CCCCCCCCCCCCCCCCC. The Labute approximate surface area is 532 Å². The molecule has 3 rings (SSSR count). The van der Waals surface area contributed by atoms with E-state index in [1.807, 2.05) is 12.2 Å². The molecule has 510 valence electrons. The second-order valence-corrected chi connectivity index (χ2v) is 23.5. The van der Waals surface area contributed by atoms with Crippen LogP contribution in [-0.4, -0.2) is 193 Å². The molecule has 0 aromatic rings. The highest BCUT2D eigenvalue weighted by atomic mass is 16.8. The minimum atomic E-state index is -1.99. The maximum Gasteiger partial charge on any atom is 0.220 e. The third kappa shape index (κ3) is 33.2. The largest absolute Gasteiger partial charge is 0.394 e. The molecule has 0 bridgehead atoms. The van der Waals surface area contributed by atoms with E-state index in [9.17, 15) is 61.0 Å². The van der Waals surface area contributed by atoms with Gasteiger partial charge in [0.15, 0.2) is 18.9 Å². The van der Waals surface area contributed by atoms with Crippen molar-refractivity contribution in [3.63, 3.8) is 0 Å². The number of nitrogens with one attached hydrogen (secondary N) is 1. The molecule has 17 unspecified atom stereocenters. The number of allylic oxidation sites excluding steroid dienone is 17. The lowest BCUT2D eigenvalue weighted by Gasteiger charge is -2.48. The van der Waals surface area contributed by atoms with Gasteiger partial charge in [0, 0.05) is 6.42 Å². The summed E-state index contributed by atoms with van der Waals surface area (Å²) in [5, 5.41) is 120. The number of unbranched alkanes of at least 4 members (excludes halogenated alkanes) is 17. The highest BCUT2D eigenvalue weighted by molar-refractivity contribution is 5.76. The van der Waals surface area contributed by atoms with E-state index in [4.69, 9.17) is 28.4 Å². The first-order valence-corrected chi connectivity index (χ1v) is 33.6. The molecule has 0 aromatic heterocycles. The lowest BCUT2D eigenvalue weighted by Crippen LogP contribution is -2.66. The van der Waals surface area contributed by atoms with Gasteiger partial charge in [0.05, 0.1) is 38.6 Å². The van der Waals surface area contributed by atoms with E-state index >= 15 is 0 Å². The smallest absolute Gasteiger partial charge is 0.220 e. The summed E-state index contributed by atoms with van der Waals surface area (Å²) in [5.41, 5.74) is 0. The molecule has 0 aromatic carbocycles. The molecule has 3 saturated heterocycles. The number of amides is 1. The summed E-state index contributed by atoms with van der Waals surface area (Å²) in [4.78, 5) is 13.4. The number of aliphatic hydroxyl groups is 11. The summed E-state index contributed by atoms with van der Waals surface area (Å²) in [5.74, 6) is -0.347. The molecular formula is C70H117NO18. The fraction of sp³-hybridized carbons (Fsp3) is 0.729. The molecule has 3 aliphatic rings. The molecule has 17 atom stereocenters. The number of ether oxygens (including phenoxy) is 6. The van der Waals surface area contributed by atoms with Crippen molar-refractivity contribution in [2.45, 2.75) is 298 Å². The number of rotatable bonds is 49. The van der Waals surface area contributed by atoms with Gasteiger partial charge in [-0.2, -0.15) is 0 Å². The topological polar surface area (TPSA) is 307 Å². The average Bonchev–Trinajstić information content (AvgIpc) is 2.09. The molecule has 12 N–H and O–H groups in total. The highest BCUT2D eigenvalue weighted by Crippen LogP contribution is 2.33. The summed E-state index contributed by atoms with van der Waals surface area (Å²) >= 11 is 0. The van der Waals surface area contributed by atoms with Crippen LogP contribution in [0.25, 0.3) is 0 Å². The van der Waals surface area contributed by atoms with Gasteiger partial charge >= 0.3 is 0 Å². The molecule has 0 aliphatic carbocycles. The van der Waals surface area contributed by atoms with Gasteiger partial charge in [-0.25, -0.2) is 0 Å². The third-order valence-corrected chi connectivity index (χ3v) is 16.1. The molecule has 19 heteroatoms. The van der Waals surface area contributed by atoms with Crippen LogP contribution in [0.2, 0.25) is 0 Å². The van der Waals surface area contributed by atoms with Gasteiger partial charge in [0.1, 0.15) is 73.2 Å². The van der Waals surface area contributed by atoms with E-state index in [1.54, 1.807) is 6.08 Å². The molecule has 1 amide bonds. The Hall–Kier alpha value is -3.55. The van der Waals surface area contributed by atoms with E-state index < -0.39 is 131 Å². The second-order valence-electron chi connectivity index (χ2n) is 23.5. The fourth-order valence-electron chi connectivity index (χ4n) is 10.6. The van der Waals surface area contributed by atoms with Gasteiger partial charge in [-0.3, -0.25) is 4.79 Å². The van der Waals surface area contributed by atoms with Gasteiger partial charge < -0.3 is 89.9 Å². The standard InChI is InChI=1S/C70H117NO18/c1-3-5-7-9-11-13-15-17-19-21-23-25-26-28-30-32-34-36-38-40-42-44-46-48-58(76)71-53(54(75)47-45-43-41-39-37-35-33-31-29-27-24-22-20-18-16-14-12-10-8-6-4-2)52-84-68-64(82)61(79)66(56(50-73)86-68)89-70-65(83)62(80)67(57(51-74)87-70)88-69-63(81)60(78)59(77)55(49-72)85-69/h5,7,11,13,17,19,23,25,28,30,34,36-37,39-40,42,45,47,53-57,59-70,72-75,77-83H,3-4,6,8-10,12,14-16,18,20-22,24,26-27,29,31-33,35,38,41,43-44,46,48-52H2,1-2H3,(H,71,76)/b7-5-,13-11-,19-17-,25-23-,30-28-,36-34-,39-37+,42-40-,47-45+. The zero-order valence-electron chi connectivity index (χ0n) is 53.6. The first-order valence-electron chi connectivity index (χ1n) is 33.6. The maximum absolute atomic E-state index is 13.4. The predicted molar refractivity (Wildman–Crippen MR) is 346 cm³/mol. The summed E-state index contributed by atoms with van der Waals surface area (Å²) < 4.78 is 34.3. The number of hydrogen-bond donors (Lipinski definition) is 12. The van der Waals surface area contributed by atoms with E-state index in [-0.39, 0.29) is 12.3 Å². The summed E-state index contributed by atoms with van der Waals surface area (Å²) in [6.07, 6.45) is 40.7. The van der Waals surface area contributed by atoms with Crippen molar-refractivity contribution >= 4 is 5.91 Å². The van der Waals surface area contributed by atoms with Gasteiger partial charge in [-0.05, 0) is 83.5 Å². The highest BCUT2D eigenvalue weighted by Gasteiger charge is 2.53. The van der Waals surface area contributed by atoms with Gasteiger partial charge in [0.2, 0.25) is 5.91 Å². The van der Waals surface area contributed by atoms with Crippen molar-refractivity contribution in [3.05, 3.63) is 109 Å². The maximum atomic E-state index is 13.4. The van der Waals surface area contributed by atoms with Gasteiger partial charge in [-0.1, -0.05) is 213 Å². The molecule has 3 aliphatic heterocycles. The minimum Gasteiger partial charge on any atom is -0.394 e. The van der Waals surface area contributed by atoms with Crippen LogP contribution in [0.15, 0.2) is 109 Å². The van der Waals surface area contributed by atoms with Crippen molar-refractivity contribution in [1.82, 2.24) is 5.32 Å². The number of aliphatic hydroxyl groups excluding tert-OH is 11. The van der Waals surface area contributed by atoms with E-state index in [1.165, 1.54) is 89.9 Å². The van der Waals surface area contributed by atoms with Crippen LogP contribution < -0.4 is 5.32 Å². The van der Waals surface area contributed by atoms with Gasteiger partial charge in [-0.15, -0.1) is 0 Å². The van der Waals surface area contributed by atoms with Crippen LogP contribution in [-0.2, 0) is 33.2 Å². The van der Waals surface area contributed by atoms with Crippen molar-refractivity contribution in [2.24, 2.45) is 0 Å². The van der Waals surface area contributed by atoms with Crippen LogP contribution in [0.1, 0.15) is 194 Å². The van der Waals surface area contributed by atoms with E-state index in [0.29, 0.717) is 19.3 Å². The van der Waals surface area contributed by atoms with Crippen molar-refractivity contribution in [3.8, 4) is 0 Å².